The van der Waals surface area contributed by atoms with Gasteiger partial charge in [0, 0.05) is 0 Å². The number of hydrogen-bond donors (Lipinski definition) is 0. The van der Waals surface area contributed by atoms with Crippen molar-refractivity contribution in [1.29, 1.82) is 0 Å². The molecule has 12 heavy (non-hydrogen) atoms. The van der Waals surface area contributed by atoms with E-state index in [2.05, 4.69) is 16.5 Å². The summed E-state index contributed by atoms with van der Waals surface area (Å²) in [5.74, 6) is 0.598. The maximum atomic E-state index is 4.82. The van der Waals surface area contributed by atoms with Gasteiger partial charge >= 0.3 is 0 Å². The topological polar surface area (TPSA) is 38.9 Å². The van der Waals surface area contributed by atoms with Crippen LogP contribution in [0.4, 0.5) is 0 Å². The third-order valence-corrected chi connectivity index (χ3v) is 1.56. The fourth-order valence-corrected chi connectivity index (χ4v) is 1.01. The lowest BCUT2D eigenvalue weighted by molar-refractivity contribution is 0.383. The van der Waals surface area contributed by atoms with Crippen molar-refractivity contribution in [3.8, 4) is 0 Å². The predicted octanol–water partition coefficient (Wildman–Crippen LogP) is 1.46. The highest BCUT2D eigenvalue weighted by atomic mass is 16.5. The van der Waals surface area contributed by atoms with Gasteiger partial charge in [0.1, 0.15) is 0 Å². The van der Waals surface area contributed by atoms with E-state index in [4.69, 9.17) is 4.52 Å². The van der Waals surface area contributed by atoms with Crippen molar-refractivity contribution in [3.05, 3.63) is 48.1 Å². The first-order valence-electron chi connectivity index (χ1n) is 3.68. The largest absolute Gasteiger partial charge is 0.338 e. The molecule has 0 spiro atoms. The molecule has 0 atom stereocenters. The molecule has 0 aliphatic heterocycles. The summed E-state index contributed by atoms with van der Waals surface area (Å²) in [4.78, 5) is 3.81. The van der Waals surface area contributed by atoms with Crippen molar-refractivity contribution in [2.24, 2.45) is 0 Å². The van der Waals surface area contributed by atoms with Crippen molar-refractivity contribution in [1.82, 2.24) is 10.1 Å². The molecule has 59 valence electrons. The molecule has 0 saturated heterocycles. The minimum atomic E-state index is 0.598. The Balaban J connectivity index is 2.15. The molecule has 0 aliphatic rings. The summed E-state index contributed by atoms with van der Waals surface area (Å²) < 4.78 is 4.82. The molecule has 2 aromatic rings. The molecule has 3 heteroatoms. The maximum absolute atomic E-state index is 4.82. The molecule has 0 N–H and O–H groups in total. The second-order valence-electron chi connectivity index (χ2n) is 2.45. The van der Waals surface area contributed by atoms with Crippen molar-refractivity contribution in [2.45, 2.75) is 6.42 Å². The second kappa shape index (κ2) is 3.17. The summed E-state index contributed by atoms with van der Waals surface area (Å²) in [5.41, 5.74) is 1.16. The van der Waals surface area contributed by atoms with E-state index in [1.807, 2.05) is 30.3 Å². The van der Waals surface area contributed by atoms with Crippen molar-refractivity contribution >= 4 is 0 Å². The summed E-state index contributed by atoms with van der Waals surface area (Å²) in [5, 5.41) is 3.41. The zero-order chi connectivity index (χ0) is 8.23. The van der Waals surface area contributed by atoms with Crippen LogP contribution in [0.15, 0.2) is 34.9 Å². The molecule has 1 aromatic carbocycles. The smallest absolute Gasteiger partial charge is 0.243 e. The number of benzene rings is 1. The average Bonchev–Trinajstić information content (AvgIpc) is 2.59. The van der Waals surface area contributed by atoms with Crippen LogP contribution >= 0.6 is 0 Å². The maximum Gasteiger partial charge on any atom is 0.243 e. The molecule has 0 amide bonds. The number of hydrogen-bond acceptors (Lipinski definition) is 3. The Morgan fingerprint density at radius 1 is 1.25 bits per heavy atom. The van der Waals surface area contributed by atoms with Crippen molar-refractivity contribution in [2.75, 3.05) is 0 Å². The van der Waals surface area contributed by atoms with Crippen LogP contribution < -0.4 is 0 Å². The van der Waals surface area contributed by atoms with Crippen LogP contribution in [0.1, 0.15) is 11.5 Å². The highest BCUT2D eigenvalue weighted by Gasteiger charge is 1.99. The van der Waals surface area contributed by atoms with Crippen LogP contribution in [-0.4, -0.2) is 10.1 Å². The summed E-state index contributed by atoms with van der Waals surface area (Å²) in [6.07, 6.45) is 3.06. The van der Waals surface area contributed by atoms with Gasteiger partial charge in [0.25, 0.3) is 0 Å². The first-order chi connectivity index (χ1) is 5.95. The van der Waals surface area contributed by atoms with Gasteiger partial charge < -0.3 is 4.52 Å². The van der Waals surface area contributed by atoms with Crippen LogP contribution in [0.25, 0.3) is 0 Å². The molecule has 0 fully saturated rings. The zero-order valence-corrected chi connectivity index (χ0v) is 6.40. The van der Waals surface area contributed by atoms with Crippen LogP contribution in [0, 0.1) is 6.33 Å². The molecule has 0 saturated carbocycles. The lowest BCUT2D eigenvalue weighted by atomic mass is 10.2. The van der Waals surface area contributed by atoms with E-state index < -0.39 is 0 Å². The Labute approximate surface area is 70.0 Å². The summed E-state index contributed by atoms with van der Waals surface area (Å²) in [7, 11) is 0. The Bertz CT molecular complexity index is 329. The Hall–Kier alpha value is -1.64. The molecular weight excluding hydrogens is 152 g/mol. The third kappa shape index (κ3) is 1.50. The minimum Gasteiger partial charge on any atom is -0.338 e. The molecule has 0 aliphatic carbocycles. The third-order valence-electron chi connectivity index (χ3n) is 1.56. The van der Waals surface area contributed by atoms with E-state index in [9.17, 15) is 0 Å². The van der Waals surface area contributed by atoms with Crippen molar-refractivity contribution in [3.63, 3.8) is 0 Å². The average molecular weight is 159 g/mol. The number of nitrogens with zero attached hydrogens (tertiary/aromatic N) is 2. The van der Waals surface area contributed by atoms with Gasteiger partial charge in [-0.05, 0) is 5.56 Å². The lowest BCUT2D eigenvalue weighted by Crippen LogP contribution is -1.86. The monoisotopic (exact) mass is 159 g/mol. The first kappa shape index (κ1) is 7.03. The summed E-state index contributed by atoms with van der Waals surface area (Å²) in [6, 6.07) is 9.97. The van der Waals surface area contributed by atoms with Gasteiger partial charge in [-0.15, -0.1) is 0 Å². The quantitative estimate of drug-likeness (QED) is 0.665. The van der Waals surface area contributed by atoms with Crippen molar-refractivity contribution < 1.29 is 4.52 Å². The number of rotatable bonds is 2. The molecular formula is C9H7N2O. The zero-order valence-electron chi connectivity index (χ0n) is 6.40. The fraction of sp³-hybridized carbons (Fsp3) is 0.111. The minimum absolute atomic E-state index is 0.598. The van der Waals surface area contributed by atoms with Gasteiger partial charge in [0.2, 0.25) is 12.2 Å². The van der Waals surface area contributed by atoms with E-state index in [1.54, 1.807) is 0 Å². The molecule has 3 nitrogen and oxygen atoms in total. The van der Waals surface area contributed by atoms with Gasteiger partial charge in [-0.2, -0.15) is 4.98 Å². The standard InChI is InChI=1S/C9H7N2O/c1-2-4-8(5-3-1)6-9-10-7-11-12-9/h1-5H,6H2. The van der Waals surface area contributed by atoms with Gasteiger partial charge in [0.15, 0.2) is 0 Å². The molecule has 1 aromatic heterocycles. The molecule has 0 bridgehead atoms. The van der Waals surface area contributed by atoms with E-state index in [0.717, 1.165) is 5.56 Å². The molecule has 2 rings (SSSR count). The fourth-order valence-electron chi connectivity index (χ4n) is 1.01. The van der Waals surface area contributed by atoms with Gasteiger partial charge in [-0.3, -0.25) is 0 Å². The molecule has 1 heterocycles. The van der Waals surface area contributed by atoms with Gasteiger partial charge in [-0.25, -0.2) is 0 Å². The number of aromatic nitrogens is 2. The highest BCUT2D eigenvalue weighted by molar-refractivity contribution is 5.17. The predicted molar refractivity (Wildman–Crippen MR) is 42.4 cm³/mol. The van der Waals surface area contributed by atoms with Crippen LogP contribution in [-0.2, 0) is 6.42 Å². The Morgan fingerprint density at radius 3 is 2.75 bits per heavy atom. The lowest BCUT2D eigenvalue weighted by Gasteiger charge is -1.93. The van der Waals surface area contributed by atoms with Crippen LogP contribution in [0.5, 0.6) is 0 Å². The van der Waals surface area contributed by atoms with Crippen LogP contribution in [0.3, 0.4) is 0 Å². The van der Waals surface area contributed by atoms with E-state index in [-0.39, 0.29) is 0 Å². The van der Waals surface area contributed by atoms with Gasteiger partial charge in [-0.1, -0.05) is 35.5 Å². The van der Waals surface area contributed by atoms with Crippen LogP contribution in [0.2, 0.25) is 0 Å². The van der Waals surface area contributed by atoms with Gasteiger partial charge in [0.05, 0.1) is 6.42 Å². The summed E-state index contributed by atoms with van der Waals surface area (Å²) in [6.45, 7) is 0. The highest BCUT2D eigenvalue weighted by Crippen LogP contribution is 2.04. The molecule has 0 unspecified atom stereocenters. The molecule has 1 radical (unpaired) electrons. The van der Waals surface area contributed by atoms with E-state index in [0.29, 0.717) is 12.3 Å². The Morgan fingerprint density at radius 2 is 2.08 bits per heavy atom. The second-order valence-corrected chi connectivity index (χ2v) is 2.45. The first-order valence-corrected chi connectivity index (χ1v) is 3.68. The van der Waals surface area contributed by atoms with E-state index in [1.165, 1.54) is 0 Å². The SMILES string of the molecule is [c]1noc(Cc2ccccc2)n1. The normalized spacial score (nSPS) is 10.0. The Kier molecular flexibility index (Phi) is 1.86. The van der Waals surface area contributed by atoms with E-state index >= 15 is 0 Å². The summed E-state index contributed by atoms with van der Waals surface area (Å²) >= 11 is 0.